The minimum absolute atomic E-state index is 0.304. The van der Waals surface area contributed by atoms with Gasteiger partial charge in [0.15, 0.2) is 5.13 Å². The Labute approximate surface area is 122 Å². The molecule has 3 N–H and O–H groups in total. The fourth-order valence-corrected chi connectivity index (χ4v) is 3.78. The number of hydrogen-bond acceptors (Lipinski definition) is 5. The first-order chi connectivity index (χ1) is 9.38. The van der Waals surface area contributed by atoms with Crippen LogP contribution in [0.4, 0.5) is 5.13 Å². The van der Waals surface area contributed by atoms with E-state index in [0.717, 1.165) is 16.8 Å². The highest BCUT2D eigenvalue weighted by molar-refractivity contribution is 7.89. The van der Waals surface area contributed by atoms with E-state index in [-0.39, 0.29) is 0 Å². The lowest BCUT2D eigenvalue weighted by atomic mass is 10.2. The molecule has 2 aromatic rings. The number of rotatable bonds is 5. The van der Waals surface area contributed by atoms with E-state index in [1.807, 2.05) is 24.4 Å². The first kappa shape index (κ1) is 15.0. The number of sulfonamides is 1. The topological polar surface area (TPSA) is 85.1 Å². The maximum absolute atomic E-state index is 12.2. The minimum Gasteiger partial charge on any atom is -0.375 e. The molecule has 0 saturated carbocycles. The summed E-state index contributed by atoms with van der Waals surface area (Å²) in [6, 6.07) is 5.38. The van der Waals surface area contributed by atoms with Gasteiger partial charge in [-0.25, -0.2) is 18.1 Å². The number of nitrogens with one attached hydrogen (secondary N) is 1. The molecule has 0 radical (unpaired) electrons. The standard InChI is InChI=1S/C13H17N3O2S2/c1-9-3-4-10(2)12(7-9)20(17,18)15-6-5-11-8-19-13(14)16-11/h3-4,7-8,15H,5-6H2,1-2H3,(H2,14,16). The summed E-state index contributed by atoms with van der Waals surface area (Å²) in [5.41, 5.74) is 7.99. The molecule has 0 aliphatic rings. The summed E-state index contributed by atoms with van der Waals surface area (Å²) >= 11 is 1.35. The van der Waals surface area contributed by atoms with Crippen LogP contribution in [0.2, 0.25) is 0 Å². The van der Waals surface area contributed by atoms with Crippen LogP contribution in [-0.4, -0.2) is 19.9 Å². The highest BCUT2D eigenvalue weighted by Gasteiger charge is 2.16. The van der Waals surface area contributed by atoms with Crippen molar-refractivity contribution < 1.29 is 8.42 Å². The zero-order chi connectivity index (χ0) is 14.8. The van der Waals surface area contributed by atoms with Crippen LogP contribution in [0.25, 0.3) is 0 Å². The van der Waals surface area contributed by atoms with Crippen LogP contribution in [0.15, 0.2) is 28.5 Å². The van der Waals surface area contributed by atoms with E-state index < -0.39 is 10.0 Å². The number of aromatic nitrogens is 1. The van der Waals surface area contributed by atoms with E-state index in [0.29, 0.717) is 23.0 Å². The molecule has 0 amide bonds. The summed E-state index contributed by atoms with van der Waals surface area (Å²) in [5, 5.41) is 2.33. The Hall–Kier alpha value is -1.44. The lowest BCUT2D eigenvalue weighted by molar-refractivity contribution is 0.580. The van der Waals surface area contributed by atoms with E-state index in [9.17, 15) is 8.42 Å². The third-order valence-electron chi connectivity index (χ3n) is 2.88. The fraction of sp³-hybridized carbons (Fsp3) is 0.308. The summed E-state index contributed by atoms with van der Waals surface area (Å²) in [7, 11) is -3.48. The number of thiazole rings is 1. The van der Waals surface area contributed by atoms with E-state index in [4.69, 9.17) is 5.73 Å². The monoisotopic (exact) mass is 311 g/mol. The molecule has 5 nitrogen and oxygen atoms in total. The Morgan fingerprint density at radius 2 is 2.10 bits per heavy atom. The lowest BCUT2D eigenvalue weighted by Gasteiger charge is -2.09. The molecule has 0 atom stereocenters. The molecule has 0 bridgehead atoms. The molecular weight excluding hydrogens is 294 g/mol. The molecular formula is C13H17N3O2S2. The van der Waals surface area contributed by atoms with Gasteiger partial charge in [0.05, 0.1) is 10.6 Å². The second-order valence-electron chi connectivity index (χ2n) is 4.59. The van der Waals surface area contributed by atoms with Crippen molar-refractivity contribution in [2.45, 2.75) is 25.2 Å². The van der Waals surface area contributed by atoms with Crippen molar-refractivity contribution in [2.75, 3.05) is 12.3 Å². The van der Waals surface area contributed by atoms with Crippen molar-refractivity contribution in [1.29, 1.82) is 0 Å². The number of nitrogen functional groups attached to an aromatic ring is 1. The van der Waals surface area contributed by atoms with Crippen molar-refractivity contribution in [2.24, 2.45) is 0 Å². The molecule has 108 valence electrons. The smallest absolute Gasteiger partial charge is 0.240 e. The maximum Gasteiger partial charge on any atom is 0.240 e. The molecule has 1 aromatic carbocycles. The third-order valence-corrected chi connectivity index (χ3v) is 5.20. The molecule has 0 fully saturated rings. The lowest BCUT2D eigenvalue weighted by Crippen LogP contribution is -2.26. The largest absolute Gasteiger partial charge is 0.375 e. The molecule has 0 aliphatic carbocycles. The first-order valence-electron chi connectivity index (χ1n) is 6.15. The predicted octanol–water partition coefficient (Wildman–Crippen LogP) is 1.86. The Bertz CT molecular complexity index is 708. The zero-order valence-corrected chi connectivity index (χ0v) is 13.0. The molecule has 0 unspecified atom stereocenters. The highest BCUT2D eigenvalue weighted by atomic mass is 32.2. The van der Waals surface area contributed by atoms with E-state index in [1.165, 1.54) is 11.3 Å². The van der Waals surface area contributed by atoms with Crippen LogP contribution in [-0.2, 0) is 16.4 Å². The summed E-state index contributed by atoms with van der Waals surface area (Å²) in [6.07, 6.45) is 0.526. The normalized spacial score (nSPS) is 11.7. The summed E-state index contributed by atoms with van der Waals surface area (Å²) in [4.78, 5) is 4.43. The van der Waals surface area contributed by atoms with Gasteiger partial charge >= 0.3 is 0 Å². The summed E-state index contributed by atoms with van der Waals surface area (Å²) in [5.74, 6) is 0. The molecule has 7 heteroatoms. The van der Waals surface area contributed by atoms with Gasteiger partial charge < -0.3 is 5.73 Å². The van der Waals surface area contributed by atoms with Crippen LogP contribution in [0.5, 0.6) is 0 Å². The quantitative estimate of drug-likeness (QED) is 0.882. The third kappa shape index (κ3) is 3.56. The highest BCUT2D eigenvalue weighted by Crippen LogP contribution is 2.16. The second kappa shape index (κ2) is 5.90. The van der Waals surface area contributed by atoms with Gasteiger partial charge in [0.25, 0.3) is 0 Å². The van der Waals surface area contributed by atoms with Gasteiger partial charge in [-0.15, -0.1) is 11.3 Å². The number of aryl methyl sites for hydroxylation is 2. The Balaban J connectivity index is 2.06. The van der Waals surface area contributed by atoms with Crippen molar-refractivity contribution in [3.63, 3.8) is 0 Å². The molecule has 0 saturated heterocycles. The van der Waals surface area contributed by atoms with Gasteiger partial charge in [-0.05, 0) is 31.0 Å². The Morgan fingerprint density at radius 3 is 2.75 bits per heavy atom. The molecule has 20 heavy (non-hydrogen) atoms. The van der Waals surface area contributed by atoms with Crippen molar-refractivity contribution in [3.8, 4) is 0 Å². The maximum atomic E-state index is 12.2. The van der Waals surface area contributed by atoms with Gasteiger partial charge in [0.1, 0.15) is 0 Å². The molecule has 0 aliphatic heterocycles. The van der Waals surface area contributed by atoms with Crippen molar-refractivity contribution in [3.05, 3.63) is 40.4 Å². The van der Waals surface area contributed by atoms with Gasteiger partial charge in [0, 0.05) is 18.3 Å². The van der Waals surface area contributed by atoms with Gasteiger partial charge in [0.2, 0.25) is 10.0 Å². The summed E-state index contributed by atoms with van der Waals surface area (Å²) < 4.78 is 27.1. The molecule has 1 heterocycles. The fourth-order valence-electron chi connectivity index (χ4n) is 1.83. The molecule has 1 aromatic heterocycles. The number of nitrogens with zero attached hydrogens (tertiary/aromatic N) is 1. The van der Waals surface area contributed by atoms with Crippen LogP contribution < -0.4 is 10.5 Å². The van der Waals surface area contributed by atoms with E-state index in [1.54, 1.807) is 13.0 Å². The number of benzene rings is 1. The number of nitrogens with two attached hydrogens (primary N) is 1. The van der Waals surface area contributed by atoms with Crippen LogP contribution >= 0.6 is 11.3 Å². The van der Waals surface area contributed by atoms with Crippen LogP contribution in [0.1, 0.15) is 16.8 Å². The van der Waals surface area contributed by atoms with E-state index >= 15 is 0 Å². The van der Waals surface area contributed by atoms with Gasteiger partial charge in [-0.2, -0.15) is 0 Å². The van der Waals surface area contributed by atoms with Gasteiger partial charge in [-0.3, -0.25) is 0 Å². The van der Waals surface area contributed by atoms with Crippen LogP contribution in [0.3, 0.4) is 0 Å². The summed E-state index contributed by atoms with van der Waals surface area (Å²) in [6.45, 7) is 3.96. The Morgan fingerprint density at radius 1 is 1.35 bits per heavy atom. The Kier molecular flexibility index (Phi) is 4.42. The number of anilines is 1. The minimum atomic E-state index is -3.48. The zero-order valence-electron chi connectivity index (χ0n) is 11.4. The van der Waals surface area contributed by atoms with Crippen LogP contribution in [0, 0.1) is 13.8 Å². The predicted molar refractivity (Wildman–Crippen MR) is 81.3 cm³/mol. The average molecular weight is 311 g/mol. The van der Waals surface area contributed by atoms with Crippen molar-refractivity contribution >= 4 is 26.5 Å². The first-order valence-corrected chi connectivity index (χ1v) is 8.51. The average Bonchev–Trinajstić information content (AvgIpc) is 2.78. The SMILES string of the molecule is Cc1ccc(C)c(S(=O)(=O)NCCc2csc(N)n2)c1. The van der Waals surface area contributed by atoms with Crippen molar-refractivity contribution in [1.82, 2.24) is 9.71 Å². The van der Waals surface area contributed by atoms with E-state index in [2.05, 4.69) is 9.71 Å². The second-order valence-corrected chi connectivity index (χ2v) is 7.22. The molecule has 2 rings (SSSR count). The molecule has 0 spiro atoms. The van der Waals surface area contributed by atoms with Gasteiger partial charge in [-0.1, -0.05) is 12.1 Å². The number of hydrogen-bond donors (Lipinski definition) is 2.